The van der Waals surface area contributed by atoms with Crippen molar-refractivity contribution in [3.63, 3.8) is 0 Å². The molecule has 0 atom stereocenters. The Labute approximate surface area is 117 Å². The van der Waals surface area contributed by atoms with Crippen LogP contribution in [0.1, 0.15) is 12.1 Å². The zero-order valence-corrected chi connectivity index (χ0v) is 11.1. The number of anilines is 1. The van der Waals surface area contributed by atoms with Crippen LogP contribution < -0.4 is 4.90 Å². The van der Waals surface area contributed by atoms with Gasteiger partial charge in [-0.1, -0.05) is 29.8 Å². The molecular weight excluding hydrogens is 260 g/mol. The maximum Gasteiger partial charge on any atom is 0.147 e. The average molecular weight is 273 g/mol. The molecule has 0 aliphatic carbocycles. The van der Waals surface area contributed by atoms with Gasteiger partial charge in [-0.25, -0.2) is 4.98 Å². The molecule has 0 amide bonds. The molecule has 0 unspecified atom stereocenters. The standard InChI is InChI=1S/C14H13ClN4/c15-14-10-17-12(9-18-14)11-19(8-4-7-16)13-5-2-1-3-6-13/h1-3,5-6,9-10H,4,8,11H2. The number of halogens is 1. The van der Waals surface area contributed by atoms with Crippen LogP contribution in [0.2, 0.25) is 5.15 Å². The van der Waals surface area contributed by atoms with Crippen molar-refractivity contribution in [1.29, 1.82) is 5.26 Å². The van der Waals surface area contributed by atoms with E-state index in [1.54, 1.807) is 6.20 Å². The molecule has 96 valence electrons. The smallest absolute Gasteiger partial charge is 0.147 e. The fourth-order valence-electron chi connectivity index (χ4n) is 1.74. The van der Waals surface area contributed by atoms with Gasteiger partial charge in [0.2, 0.25) is 0 Å². The summed E-state index contributed by atoms with van der Waals surface area (Å²) in [6.07, 6.45) is 3.66. The summed E-state index contributed by atoms with van der Waals surface area (Å²) in [5.41, 5.74) is 1.89. The van der Waals surface area contributed by atoms with Gasteiger partial charge in [-0.3, -0.25) is 4.98 Å². The summed E-state index contributed by atoms with van der Waals surface area (Å²) in [4.78, 5) is 10.3. The number of aromatic nitrogens is 2. The first-order chi connectivity index (χ1) is 9.29. The maximum absolute atomic E-state index is 8.74. The minimum atomic E-state index is 0.382. The third-order valence-corrected chi connectivity index (χ3v) is 2.84. The van der Waals surface area contributed by atoms with E-state index in [0.29, 0.717) is 24.7 Å². The lowest BCUT2D eigenvalue weighted by atomic mass is 10.2. The first-order valence-corrected chi connectivity index (χ1v) is 6.31. The number of nitriles is 1. The number of para-hydroxylation sites is 1. The van der Waals surface area contributed by atoms with Crippen molar-refractivity contribution < 1.29 is 0 Å². The van der Waals surface area contributed by atoms with Crippen LogP contribution in [-0.2, 0) is 6.54 Å². The van der Waals surface area contributed by atoms with Crippen molar-refractivity contribution in [3.8, 4) is 6.07 Å². The first kappa shape index (κ1) is 13.3. The van der Waals surface area contributed by atoms with E-state index >= 15 is 0 Å². The average Bonchev–Trinajstić information content (AvgIpc) is 2.46. The van der Waals surface area contributed by atoms with Gasteiger partial charge in [0.05, 0.1) is 37.1 Å². The van der Waals surface area contributed by atoms with Crippen LogP contribution >= 0.6 is 11.6 Å². The number of rotatable bonds is 5. The van der Waals surface area contributed by atoms with Crippen LogP contribution in [0.5, 0.6) is 0 Å². The number of hydrogen-bond donors (Lipinski definition) is 0. The van der Waals surface area contributed by atoms with E-state index in [1.807, 2.05) is 30.3 Å². The quantitative estimate of drug-likeness (QED) is 0.839. The minimum Gasteiger partial charge on any atom is -0.365 e. The molecule has 0 spiro atoms. The molecule has 0 fully saturated rings. The van der Waals surface area contributed by atoms with Crippen molar-refractivity contribution in [3.05, 3.63) is 53.6 Å². The van der Waals surface area contributed by atoms with Gasteiger partial charge >= 0.3 is 0 Å². The molecule has 1 heterocycles. The van der Waals surface area contributed by atoms with E-state index in [1.165, 1.54) is 6.20 Å². The molecule has 0 saturated heterocycles. The van der Waals surface area contributed by atoms with Gasteiger partial charge in [0.25, 0.3) is 0 Å². The second-order valence-electron chi connectivity index (χ2n) is 4.00. The highest BCUT2D eigenvalue weighted by molar-refractivity contribution is 6.29. The predicted octanol–water partition coefficient (Wildman–Crippen LogP) is 3.05. The van der Waals surface area contributed by atoms with Crippen LogP contribution in [-0.4, -0.2) is 16.5 Å². The molecule has 4 nitrogen and oxygen atoms in total. The highest BCUT2D eigenvalue weighted by atomic mass is 35.5. The molecule has 0 aliphatic heterocycles. The number of nitrogens with zero attached hydrogens (tertiary/aromatic N) is 4. The molecule has 1 aromatic heterocycles. The van der Waals surface area contributed by atoms with Gasteiger partial charge in [-0.2, -0.15) is 5.26 Å². The summed E-state index contributed by atoms with van der Waals surface area (Å²) in [6, 6.07) is 12.1. The Morgan fingerprint density at radius 3 is 2.58 bits per heavy atom. The van der Waals surface area contributed by atoms with Crippen molar-refractivity contribution in [2.24, 2.45) is 0 Å². The lowest BCUT2D eigenvalue weighted by molar-refractivity contribution is 0.776. The summed E-state index contributed by atoms with van der Waals surface area (Å²) in [5.74, 6) is 0. The molecule has 0 saturated carbocycles. The Hall–Kier alpha value is -2.12. The topological polar surface area (TPSA) is 52.8 Å². The second-order valence-corrected chi connectivity index (χ2v) is 4.38. The third-order valence-electron chi connectivity index (χ3n) is 2.64. The van der Waals surface area contributed by atoms with Crippen molar-refractivity contribution in [2.75, 3.05) is 11.4 Å². The van der Waals surface area contributed by atoms with Gasteiger partial charge in [0.15, 0.2) is 0 Å². The minimum absolute atomic E-state index is 0.382. The molecule has 2 rings (SSSR count). The molecular formula is C14H13ClN4. The monoisotopic (exact) mass is 272 g/mol. The summed E-state index contributed by atoms with van der Waals surface area (Å²) in [6.45, 7) is 1.26. The van der Waals surface area contributed by atoms with E-state index in [0.717, 1.165) is 11.4 Å². The van der Waals surface area contributed by atoms with E-state index in [-0.39, 0.29) is 0 Å². The van der Waals surface area contributed by atoms with Gasteiger partial charge in [0.1, 0.15) is 5.15 Å². The second kappa shape index (κ2) is 6.72. The Kier molecular flexibility index (Phi) is 4.71. The van der Waals surface area contributed by atoms with Crippen molar-refractivity contribution >= 4 is 17.3 Å². The summed E-state index contributed by atoms with van der Waals surface area (Å²) in [7, 11) is 0. The molecule has 5 heteroatoms. The van der Waals surface area contributed by atoms with E-state index < -0.39 is 0 Å². The molecule has 0 N–H and O–H groups in total. The van der Waals surface area contributed by atoms with Crippen LogP contribution in [0.15, 0.2) is 42.7 Å². The van der Waals surface area contributed by atoms with Crippen LogP contribution in [0.3, 0.4) is 0 Å². The first-order valence-electron chi connectivity index (χ1n) is 5.93. The molecule has 2 aromatic rings. The number of benzene rings is 1. The fourth-order valence-corrected chi connectivity index (χ4v) is 1.84. The molecule has 1 aromatic carbocycles. The highest BCUT2D eigenvalue weighted by Gasteiger charge is 2.08. The van der Waals surface area contributed by atoms with Gasteiger partial charge in [-0.05, 0) is 12.1 Å². The van der Waals surface area contributed by atoms with Crippen LogP contribution in [0, 0.1) is 11.3 Å². The van der Waals surface area contributed by atoms with Crippen molar-refractivity contribution in [1.82, 2.24) is 9.97 Å². The largest absolute Gasteiger partial charge is 0.365 e. The molecule has 0 radical (unpaired) electrons. The SMILES string of the molecule is N#CCCN(Cc1cnc(Cl)cn1)c1ccccc1. The Bertz CT molecular complexity index is 548. The molecule has 0 aliphatic rings. The van der Waals surface area contributed by atoms with Gasteiger partial charge in [-0.15, -0.1) is 0 Å². The zero-order valence-electron chi connectivity index (χ0n) is 10.3. The summed E-state index contributed by atoms with van der Waals surface area (Å²) >= 11 is 5.72. The van der Waals surface area contributed by atoms with E-state index in [9.17, 15) is 0 Å². The Balaban J connectivity index is 2.14. The predicted molar refractivity (Wildman–Crippen MR) is 74.8 cm³/mol. The maximum atomic E-state index is 8.74. The van der Waals surface area contributed by atoms with E-state index in [4.69, 9.17) is 16.9 Å². The summed E-state index contributed by atoms with van der Waals surface area (Å²) in [5, 5.41) is 9.12. The van der Waals surface area contributed by atoms with Gasteiger partial charge < -0.3 is 4.90 Å². The lowest BCUT2D eigenvalue weighted by Gasteiger charge is -2.23. The van der Waals surface area contributed by atoms with E-state index in [2.05, 4.69) is 20.9 Å². The normalized spacial score (nSPS) is 9.89. The Morgan fingerprint density at radius 1 is 1.16 bits per heavy atom. The van der Waals surface area contributed by atoms with Crippen LogP contribution in [0.4, 0.5) is 5.69 Å². The lowest BCUT2D eigenvalue weighted by Crippen LogP contribution is -2.24. The number of hydrogen-bond acceptors (Lipinski definition) is 4. The van der Waals surface area contributed by atoms with Gasteiger partial charge in [0, 0.05) is 12.2 Å². The molecule has 19 heavy (non-hydrogen) atoms. The van der Waals surface area contributed by atoms with Crippen LogP contribution in [0.25, 0.3) is 0 Å². The summed E-state index contributed by atoms with van der Waals surface area (Å²) < 4.78 is 0. The highest BCUT2D eigenvalue weighted by Crippen LogP contribution is 2.16. The van der Waals surface area contributed by atoms with Crippen molar-refractivity contribution in [2.45, 2.75) is 13.0 Å². The molecule has 0 bridgehead atoms. The fraction of sp³-hybridized carbons (Fsp3) is 0.214. The Morgan fingerprint density at radius 2 is 1.95 bits per heavy atom. The third kappa shape index (κ3) is 3.94. The zero-order chi connectivity index (χ0) is 13.5.